The maximum absolute atomic E-state index is 13.4. The smallest absolute Gasteiger partial charge is 0.405 e. The van der Waals surface area contributed by atoms with E-state index in [0.29, 0.717) is 12.2 Å². The van der Waals surface area contributed by atoms with Gasteiger partial charge in [-0.1, -0.05) is 191 Å². The van der Waals surface area contributed by atoms with Crippen LogP contribution < -0.4 is 10.4 Å². The zero-order valence-corrected chi connectivity index (χ0v) is 36.4. The summed E-state index contributed by atoms with van der Waals surface area (Å²) in [5.74, 6) is 0.258. The first kappa shape index (κ1) is 44.2. The van der Waals surface area contributed by atoms with Gasteiger partial charge in [0, 0.05) is 0 Å². The maximum atomic E-state index is 13.4. The minimum atomic E-state index is -4.41. The molecule has 0 heterocycles. The van der Waals surface area contributed by atoms with E-state index in [-0.39, 0.29) is 36.9 Å². The van der Waals surface area contributed by atoms with E-state index < -0.39 is 31.8 Å². The quantitative estimate of drug-likeness (QED) is 0.0677. The minimum absolute atomic E-state index is 0.0213. The summed E-state index contributed by atoms with van der Waals surface area (Å²) in [7, 11) is -2.92. The summed E-state index contributed by atoms with van der Waals surface area (Å²) in [6, 6.07) is 57.5. The molecule has 1 aliphatic carbocycles. The van der Waals surface area contributed by atoms with Crippen LogP contribution in [0.4, 0.5) is 13.2 Å². The highest BCUT2D eigenvalue weighted by atomic mass is 28.4. The van der Waals surface area contributed by atoms with Crippen LogP contribution in [0.1, 0.15) is 74.3 Å². The second-order valence-corrected chi connectivity index (χ2v) is 21.5. The number of alkyl halides is 3. The molecule has 3 atom stereocenters. The van der Waals surface area contributed by atoms with Crippen LogP contribution in [0.3, 0.4) is 0 Å². The van der Waals surface area contributed by atoms with Gasteiger partial charge in [0.1, 0.15) is 11.7 Å². The Hall–Kier alpha value is -4.83. The van der Waals surface area contributed by atoms with Crippen LogP contribution in [0.5, 0.6) is 0 Å². The molecule has 0 radical (unpaired) electrons. The largest absolute Gasteiger partial charge is 0.416 e. The van der Waals surface area contributed by atoms with Gasteiger partial charge < -0.3 is 18.6 Å². The third-order valence-corrected chi connectivity index (χ3v) is 17.0. The van der Waals surface area contributed by atoms with E-state index in [1.54, 1.807) is 0 Å². The molecule has 0 bridgehead atoms. The fourth-order valence-corrected chi connectivity index (χ4v) is 13.5. The van der Waals surface area contributed by atoms with Crippen LogP contribution in [-0.4, -0.2) is 40.3 Å². The molecule has 318 valence electrons. The minimum Gasteiger partial charge on any atom is -0.405 e. The third-order valence-electron chi connectivity index (χ3n) is 12.0. The summed E-state index contributed by atoms with van der Waals surface area (Å²) in [6.45, 7) is 7.90. The molecule has 0 unspecified atom stereocenters. The van der Waals surface area contributed by atoms with Crippen molar-refractivity contribution < 1.29 is 31.8 Å². The molecule has 0 aliphatic heterocycles. The fraction of sp³-hybridized carbons (Fsp3) is 0.321. The first-order chi connectivity index (χ1) is 29.5. The van der Waals surface area contributed by atoms with Crippen molar-refractivity contribution in [1.29, 1.82) is 0 Å². The number of halogens is 3. The Bertz CT molecular complexity index is 2060. The van der Waals surface area contributed by atoms with Gasteiger partial charge in [-0.2, -0.15) is 13.2 Å². The Labute approximate surface area is 360 Å². The van der Waals surface area contributed by atoms with Crippen molar-refractivity contribution >= 4 is 18.7 Å². The second kappa shape index (κ2) is 19.9. The number of rotatable bonds is 17. The molecule has 4 nitrogen and oxygen atoms in total. The third kappa shape index (κ3) is 10.4. The van der Waals surface area contributed by atoms with E-state index in [0.717, 1.165) is 64.9 Å². The Kier molecular flexibility index (Phi) is 14.4. The lowest BCUT2D eigenvalue weighted by atomic mass is 9.79. The van der Waals surface area contributed by atoms with Crippen molar-refractivity contribution in [3.63, 3.8) is 0 Å². The summed E-state index contributed by atoms with van der Waals surface area (Å²) in [6.07, 6.45) is -1.14. The maximum Gasteiger partial charge on any atom is 0.416 e. The number of ether oxygens (including phenoxy) is 3. The van der Waals surface area contributed by atoms with Gasteiger partial charge in [0.2, 0.25) is 0 Å². The van der Waals surface area contributed by atoms with Crippen molar-refractivity contribution in [2.75, 3.05) is 19.8 Å². The monoisotopic (exact) mass is 842 g/mol. The Morgan fingerprint density at radius 2 is 1.05 bits per heavy atom. The van der Waals surface area contributed by atoms with Crippen LogP contribution in [0, 0.1) is 5.92 Å². The molecule has 0 N–H and O–H groups in total. The molecular formula is C53H57F3O4Si. The molecule has 1 aliphatic rings. The van der Waals surface area contributed by atoms with Gasteiger partial charge in [-0.3, -0.25) is 0 Å². The molecule has 0 spiro atoms. The Morgan fingerprint density at radius 3 is 1.51 bits per heavy atom. The highest BCUT2D eigenvalue weighted by Gasteiger charge is 2.50. The normalized spacial score (nSPS) is 16.9. The van der Waals surface area contributed by atoms with E-state index in [1.165, 1.54) is 12.1 Å². The van der Waals surface area contributed by atoms with Gasteiger partial charge in [0.15, 0.2) is 0 Å². The zero-order chi connectivity index (χ0) is 42.8. The predicted octanol–water partition coefficient (Wildman–Crippen LogP) is 11.8. The van der Waals surface area contributed by atoms with Crippen LogP contribution in [0.25, 0.3) is 0 Å². The summed E-state index contributed by atoms with van der Waals surface area (Å²) in [5, 5.41) is 2.06. The molecule has 0 aromatic heterocycles. The van der Waals surface area contributed by atoms with E-state index >= 15 is 0 Å². The lowest BCUT2D eigenvalue weighted by molar-refractivity contribution is -0.137. The van der Waals surface area contributed by atoms with Gasteiger partial charge in [0.25, 0.3) is 8.32 Å². The van der Waals surface area contributed by atoms with Crippen molar-refractivity contribution in [2.45, 2.75) is 82.1 Å². The van der Waals surface area contributed by atoms with Crippen molar-refractivity contribution in [3.8, 4) is 0 Å². The topological polar surface area (TPSA) is 36.9 Å². The molecule has 0 amide bonds. The lowest BCUT2D eigenvalue weighted by Crippen LogP contribution is -2.67. The Balaban J connectivity index is 1.11. The van der Waals surface area contributed by atoms with Crippen LogP contribution in [0.2, 0.25) is 5.04 Å². The van der Waals surface area contributed by atoms with Crippen molar-refractivity contribution in [3.05, 3.63) is 204 Å². The van der Waals surface area contributed by atoms with Crippen LogP contribution in [-0.2, 0) is 37.0 Å². The molecule has 61 heavy (non-hydrogen) atoms. The SMILES string of the molecule is CC(C)(C)[Si](OC[C@@H](CO[C@@H]1CCC[C@H](COC(c2ccccc2)(c2ccccc2)c2ccccc2)C1)OCc1ccc(C(F)(F)F)cc1)(c1ccccc1)c1ccccc1. The molecule has 0 saturated heterocycles. The van der Waals surface area contributed by atoms with Crippen molar-refractivity contribution in [2.24, 2.45) is 5.92 Å². The van der Waals surface area contributed by atoms with Gasteiger partial charge in [-0.15, -0.1) is 0 Å². The average molecular weight is 843 g/mol. The summed E-state index contributed by atoms with van der Waals surface area (Å²) < 4.78 is 68.1. The van der Waals surface area contributed by atoms with E-state index in [2.05, 4.69) is 142 Å². The number of hydrogen-bond acceptors (Lipinski definition) is 4. The zero-order valence-electron chi connectivity index (χ0n) is 35.4. The van der Waals surface area contributed by atoms with Crippen LogP contribution >= 0.6 is 0 Å². The highest BCUT2D eigenvalue weighted by molar-refractivity contribution is 6.99. The van der Waals surface area contributed by atoms with Gasteiger partial charge >= 0.3 is 6.18 Å². The highest BCUT2D eigenvalue weighted by Crippen LogP contribution is 2.42. The lowest BCUT2D eigenvalue weighted by Gasteiger charge is -2.43. The summed E-state index contributed by atoms with van der Waals surface area (Å²) >= 11 is 0. The van der Waals surface area contributed by atoms with Gasteiger partial charge in [0.05, 0.1) is 38.1 Å². The van der Waals surface area contributed by atoms with Crippen LogP contribution in [0.15, 0.2) is 176 Å². The molecule has 8 heteroatoms. The summed E-state index contributed by atoms with van der Waals surface area (Å²) in [4.78, 5) is 0. The standard InChI is InChI=1S/C53H57F3O4Si/c1-51(2,3)61(49-28-15-7-16-29-49,50-30-17-8-18-31-50)60-40-48(57-37-41-32-34-46(35-33-41)53(54,55)56)39-58-47-27-19-20-42(36-47)38-59-52(43-21-9-4-10-22-43,44-23-11-5-12-24-44)45-25-13-6-14-26-45/h4-18,21-26,28-35,42,47-48H,19-20,27,36-40H2,1-3H3/t42-,47+,48+/m0/s1. The molecular weight excluding hydrogens is 786 g/mol. The molecule has 1 saturated carbocycles. The van der Waals surface area contributed by atoms with E-state index in [9.17, 15) is 13.2 Å². The molecule has 7 rings (SSSR count). The molecule has 6 aromatic rings. The average Bonchev–Trinajstić information content (AvgIpc) is 3.29. The first-order valence-corrected chi connectivity index (χ1v) is 23.3. The van der Waals surface area contributed by atoms with E-state index in [4.69, 9.17) is 18.6 Å². The molecule has 6 aromatic carbocycles. The molecule has 1 fully saturated rings. The predicted molar refractivity (Wildman–Crippen MR) is 240 cm³/mol. The first-order valence-electron chi connectivity index (χ1n) is 21.4. The van der Waals surface area contributed by atoms with Gasteiger partial charge in [-0.25, -0.2) is 0 Å². The fourth-order valence-electron chi connectivity index (χ4n) is 8.93. The van der Waals surface area contributed by atoms with Crippen molar-refractivity contribution in [1.82, 2.24) is 0 Å². The number of benzene rings is 6. The second-order valence-electron chi connectivity index (χ2n) is 17.2. The summed E-state index contributed by atoms with van der Waals surface area (Å²) in [5.41, 5.74) is 2.39. The Morgan fingerprint density at radius 1 is 0.574 bits per heavy atom. The van der Waals surface area contributed by atoms with Gasteiger partial charge in [-0.05, 0) is 75.0 Å². The number of hydrogen-bond donors (Lipinski definition) is 0. The van der Waals surface area contributed by atoms with E-state index in [1.807, 2.05) is 30.3 Å².